The van der Waals surface area contributed by atoms with E-state index in [0.717, 1.165) is 35.9 Å². The summed E-state index contributed by atoms with van der Waals surface area (Å²) in [5, 5.41) is 0. The highest BCUT2D eigenvalue weighted by Crippen LogP contribution is 2.51. The van der Waals surface area contributed by atoms with Crippen LogP contribution in [0, 0.1) is 17.5 Å². The number of halogens is 3. The third-order valence-corrected chi connectivity index (χ3v) is 9.21. The lowest BCUT2D eigenvalue weighted by Crippen LogP contribution is -2.53. The number of aromatic nitrogens is 1. The van der Waals surface area contributed by atoms with E-state index >= 15 is 4.39 Å². The Kier molecular flexibility index (Phi) is 5.06. The molecule has 4 aliphatic heterocycles. The van der Waals surface area contributed by atoms with Gasteiger partial charge in [0.05, 0.1) is 5.56 Å². The highest BCUT2D eigenvalue weighted by molar-refractivity contribution is 5.69. The highest BCUT2D eigenvalue weighted by atomic mass is 19.2. The van der Waals surface area contributed by atoms with Crippen LogP contribution in [0.4, 0.5) is 13.2 Å². The number of hydrogen-bond donors (Lipinski definition) is 0. The van der Waals surface area contributed by atoms with E-state index in [1.165, 1.54) is 16.7 Å². The largest absolute Gasteiger partial charge is 0.352 e. The lowest BCUT2D eigenvalue weighted by atomic mass is 9.75. The summed E-state index contributed by atoms with van der Waals surface area (Å²) in [6.07, 6.45) is 8.23. The van der Waals surface area contributed by atoms with Crippen molar-refractivity contribution in [3.8, 4) is 22.4 Å². The summed E-state index contributed by atoms with van der Waals surface area (Å²) in [6, 6.07) is 21.4. The third kappa shape index (κ3) is 3.22. The molecule has 0 saturated heterocycles. The summed E-state index contributed by atoms with van der Waals surface area (Å²) >= 11 is 0. The van der Waals surface area contributed by atoms with Crippen molar-refractivity contribution in [2.24, 2.45) is 0 Å². The summed E-state index contributed by atoms with van der Waals surface area (Å²) in [4.78, 5) is 4.77. The van der Waals surface area contributed by atoms with Crippen molar-refractivity contribution < 1.29 is 17.7 Å². The van der Waals surface area contributed by atoms with Crippen molar-refractivity contribution in [3.05, 3.63) is 132 Å². The Labute approximate surface area is 231 Å². The van der Waals surface area contributed by atoms with Crippen LogP contribution in [0.25, 0.3) is 28.1 Å². The Morgan fingerprint density at radius 3 is 2.55 bits per heavy atom. The lowest BCUT2D eigenvalue weighted by Gasteiger charge is -2.48. The predicted octanol–water partition coefficient (Wildman–Crippen LogP) is 6.95. The second-order valence-electron chi connectivity index (χ2n) is 11.2. The second-order valence-corrected chi connectivity index (χ2v) is 11.2. The number of nitrogens with zero attached hydrogens (tertiary/aromatic N) is 3. The van der Waals surface area contributed by atoms with Gasteiger partial charge in [-0.15, -0.1) is 0 Å². The molecule has 0 saturated carbocycles. The molecule has 0 bridgehead atoms. The van der Waals surface area contributed by atoms with Gasteiger partial charge < -0.3 is 9.80 Å². The van der Waals surface area contributed by atoms with Crippen molar-refractivity contribution in [2.75, 3.05) is 6.54 Å². The van der Waals surface area contributed by atoms with Gasteiger partial charge in [-0.25, -0.2) is 13.2 Å². The van der Waals surface area contributed by atoms with Gasteiger partial charge in [0.1, 0.15) is 12.2 Å². The average Bonchev–Trinajstić information content (AvgIpc) is 3.44. The monoisotopic (exact) mass is 534 g/mol. The maximum Gasteiger partial charge on any atom is 0.218 e. The Morgan fingerprint density at radius 1 is 0.850 bits per heavy atom. The van der Waals surface area contributed by atoms with E-state index in [2.05, 4.69) is 47.0 Å². The first-order valence-electron chi connectivity index (χ1n) is 13.8. The van der Waals surface area contributed by atoms with Gasteiger partial charge in [0, 0.05) is 47.6 Å². The number of fused-ring (bicyclic) bond motifs is 6. The topological polar surface area (TPSA) is 10.4 Å². The fourth-order valence-electron chi connectivity index (χ4n) is 7.39. The molecule has 4 aliphatic rings. The zero-order valence-corrected chi connectivity index (χ0v) is 21.8. The van der Waals surface area contributed by atoms with Gasteiger partial charge in [0.25, 0.3) is 0 Å². The molecular formula is C34H27F3N3+. The summed E-state index contributed by atoms with van der Waals surface area (Å²) in [7, 11) is 0. The number of hydrogen-bond acceptors (Lipinski definition) is 2. The van der Waals surface area contributed by atoms with E-state index in [-0.39, 0.29) is 30.1 Å². The van der Waals surface area contributed by atoms with Gasteiger partial charge in [-0.2, -0.15) is 4.57 Å². The molecule has 6 heteroatoms. The van der Waals surface area contributed by atoms with Crippen molar-refractivity contribution >= 4 is 5.70 Å². The Hall–Kier alpha value is -4.32. The molecule has 0 N–H and O–H groups in total. The molecule has 3 unspecified atom stereocenters. The van der Waals surface area contributed by atoms with E-state index in [1.54, 1.807) is 0 Å². The van der Waals surface area contributed by atoms with Crippen LogP contribution in [0.3, 0.4) is 0 Å². The van der Waals surface area contributed by atoms with Crippen LogP contribution in [0.15, 0.2) is 91.9 Å². The van der Waals surface area contributed by atoms with Gasteiger partial charge in [0.15, 0.2) is 23.6 Å². The summed E-state index contributed by atoms with van der Waals surface area (Å²) < 4.78 is 46.9. The van der Waals surface area contributed by atoms with Crippen LogP contribution in [-0.4, -0.2) is 22.4 Å². The maximum atomic E-state index is 15.5. The molecule has 3 atom stereocenters. The Morgan fingerprint density at radius 2 is 1.70 bits per heavy atom. The van der Waals surface area contributed by atoms with Crippen LogP contribution in [0.5, 0.6) is 0 Å². The zero-order valence-electron chi connectivity index (χ0n) is 21.8. The smallest absolute Gasteiger partial charge is 0.218 e. The molecule has 3 aromatic carbocycles. The van der Waals surface area contributed by atoms with Crippen molar-refractivity contribution in [2.45, 2.75) is 37.4 Å². The van der Waals surface area contributed by atoms with Crippen LogP contribution in [-0.2, 0) is 12.8 Å². The van der Waals surface area contributed by atoms with Crippen LogP contribution >= 0.6 is 0 Å². The molecule has 0 amide bonds. The minimum absolute atomic E-state index is 0.0133. The van der Waals surface area contributed by atoms with Gasteiger partial charge >= 0.3 is 0 Å². The molecule has 5 heterocycles. The molecular weight excluding hydrogens is 507 g/mol. The maximum absolute atomic E-state index is 15.5. The first kappa shape index (κ1) is 23.6. The highest BCUT2D eigenvalue weighted by Gasteiger charge is 2.50. The number of rotatable bonds is 1. The third-order valence-electron chi connectivity index (χ3n) is 9.21. The number of benzene rings is 3. The molecule has 0 radical (unpaired) electrons. The van der Waals surface area contributed by atoms with E-state index in [1.807, 2.05) is 53.2 Å². The van der Waals surface area contributed by atoms with E-state index in [4.69, 9.17) is 0 Å². The molecule has 0 fully saturated rings. The summed E-state index contributed by atoms with van der Waals surface area (Å²) in [5.41, 5.74) is 7.88. The van der Waals surface area contributed by atoms with Crippen LogP contribution < -0.4 is 4.57 Å². The van der Waals surface area contributed by atoms with Gasteiger partial charge in [-0.05, 0) is 54.7 Å². The predicted molar refractivity (Wildman–Crippen MR) is 148 cm³/mol. The van der Waals surface area contributed by atoms with Crippen LogP contribution in [0.1, 0.15) is 40.8 Å². The fourth-order valence-corrected chi connectivity index (χ4v) is 7.39. The minimum atomic E-state index is -1.42. The number of pyridine rings is 1. The van der Waals surface area contributed by atoms with E-state index in [9.17, 15) is 8.78 Å². The molecule has 1 aromatic heterocycles. The lowest BCUT2D eigenvalue weighted by molar-refractivity contribution is -0.573. The van der Waals surface area contributed by atoms with Gasteiger partial charge in [-0.1, -0.05) is 48.5 Å². The normalized spacial score (nSPS) is 22.1. The molecule has 0 aliphatic carbocycles. The summed E-state index contributed by atoms with van der Waals surface area (Å²) in [5.74, 6) is -3.72. The fraction of sp³-hybridized carbons (Fsp3) is 0.206. The molecule has 8 rings (SSSR count). The van der Waals surface area contributed by atoms with E-state index < -0.39 is 17.5 Å². The molecule has 4 aromatic rings. The van der Waals surface area contributed by atoms with E-state index in [0.29, 0.717) is 17.7 Å². The molecule has 40 heavy (non-hydrogen) atoms. The molecule has 0 spiro atoms. The first-order chi connectivity index (χ1) is 19.5. The zero-order chi connectivity index (χ0) is 27.1. The second kappa shape index (κ2) is 8.59. The van der Waals surface area contributed by atoms with Crippen molar-refractivity contribution in [1.82, 2.24) is 9.80 Å². The average molecular weight is 535 g/mol. The van der Waals surface area contributed by atoms with Gasteiger partial charge in [0.2, 0.25) is 11.4 Å². The Bertz CT molecular complexity index is 1750. The molecule has 3 nitrogen and oxygen atoms in total. The van der Waals surface area contributed by atoms with Gasteiger partial charge in [-0.3, -0.25) is 0 Å². The Balaban J connectivity index is 1.40. The summed E-state index contributed by atoms with van der Waals surface area (Å²) in [6.45, 7) is 5.60. The quantitative estimate of drug-likeness (QED) is 0.193. The van der Waals surface area contributed by atoms with Crippen molar-refractivity contribution in [3.63, 3.8) is 0 Å². The standard InChI is InChI=1S/C34H27F3N3/c1-20-33-26(24-9-5-8-22-14-15-38-16-17-39(33)34(38)30(22)24)12-11-25-27(18-28(35)32(37)31(25)36)29-13-10-23(19-40(20)29)21-6-3-2-4-7-21/h2-10,13,16-19,26,33-34H,1,11-12,14-15H2/q+1. The minimum Gasteiger partial charge on any atom is -0.352 e. The first-order valence-corrected chi connectivity index (χ1v) is 13.8. The van der Waals surface area contributed by atoms with Crippen molar-refractivity contribution in [1.29, 1.82) is 0 Å². The SMILES string of the molecule is C=C1C2C(CCc3c(cc(F)c(F)c3F)-c3ccc(-c4ccccc4)c[n+]31)c1cccc3c1C1N(C=CN21)CC3. The van der Waals surface area contributed by atoms with Crippen LogP contribution in [0.2, 0.25) is 0 Å². The molecule has 198 valence electrons.